The van der Waals surface area contributed by atoms with Gasteiger partial charge in [-0.05, 0) is 59.8 Å². The summed E-state index contributed by atoms with van der Waals surface area (Å²) in [6.07, 6.45) is 5.46. The van der Waals surface area contributed by atoms with Crippen LogP contribution in [0, 0.1) is 11.7 Å². The molecule has 0 bridgehead atoms. The van der Waals surface area contributed by atoms with Crippen LogP contribution >= 0.6 is 11.1 Å². The van der Waals surface area contributed by atoms with E-state index < -0.39 is 11.1 Å². The van der Waals surface area contributed by atoms with Crippen molar-refractivity contribution in [2.24, 2.45) is 13.0 Å². The van der Waals surface area contributed by atoms with Crippen molar-refractivity contribution in [2.45, 2.75) is 4.90 Å². The molecular weight excluding hydrogens is 533 g/mol. The van der Waals surface area contributed by atoms with Gasteiger partial charge in [0.05, 0.1) is 18.2 Å². The number of benzene rings is 2. The first-order valence-corrected chi connectivity index (χ1v) is 14.5. The molecule has 2 aromatic carbocycles. The Morgan fingerprint density at radius 1 is 1.12 bits per heavy atom. The standard InChI is InChI=1S/C28H28FN7O3S/c1-34-15-23(27(39)33-40(2)21-5-3-4-20(29)12-21)22-10-17(6-7-24(22)34)18-8-9-36-25(11-18)30-28(32-36)31-26(38)19-13-35(14-19)16-37/h3-12,15,19,37,40H,13-14,16H2,1-2H3,(H,33,39)(H,31,32,38). The number of aliphatic hydroxyl groups excluding tert-OH is 1. The van der Waals surface area contributed by atoms with Gasteiger partial charge in [0, 0.05) is 48.3 Å². The molecule has 0 radical (unpaired) electrons. The Balaban J connectivity index is 1.24. The zero-order chi connectivity index (χ0) is 28.0. The van der Waals surface area contributed by atoms with E-state index in [0.29, 0.717) is 24.3 Å². The Kier molecular flexibility index (Phi) is 6.74. The zero-order valence-electron chi connectivity index (χ0n) is 21.9. The Bertz CT molecular complexity index is 1760. The second kappa shape index (κ2) is 10.4. The fourth-order valence-electron chi connectivity index (χ4n) is 4.89. The molecule has 1 aliphatic rings. The van der Waals surface area contributed by atoms with Crippen LogP contribution in [-0.2, 0) is 11.8 Å². The number of carbonyl (C=O) groups excluding carboxylic acids is 2. The van der Waals surface area contributed by atoms with E-state index in [4.69, 9.17) is 5.11 Å². The minimum absolute atomic E-state index is 0.0606. The quantitative estimate of drug-likeness (QED) is 0.227. The second-order valence-corrected chi connectivity index (χ2v) is 11.7. The molecule has 1 fully saturated rings. The Hall–Kier alpha value is -4.26. The maximum Gasteiger partial charge on any atom is 0.262 e. The number of hydrogen-bond donors (Lipinski definition) is 4. The lowest BCUT2D eigenvalue weighted by Crippen LogP contribution is -2.52. The van der Waals surface area contributed by atoms with Crippen molar-refractivity contribution in [1.82, 2.24) is 28.8 Å². The Morgan fingerprint density at radius 3 is 2.70 bits per heavy atom. The maximum atomic E-state index is 13.7. The highest BCUT2D eigenvalue weighted by molar-refractivity contribution is 8.15. The number of carbonyl (C=O) groups is 2. The summed E-state index contributed by atoms with van der Waals surface area (Å²) < 4.78 is 20.2. The number of halogens is 1. The van der Waals surface area contributed by atoms with Crippen LogP contribution in [0.2, 0.25) is 0 Å². The summed E-state index contributed by atoms with van der Waals surface area (Å²) in [6, 6.07) is 16.0. The van der Waals surface area contributed by atoms with Gasteiger partial charge in [-0.25, -0.2) is 8.91 Å². The summed E-state index contributed by atoms with van der Waals surface area (Å²) >= 11 is -1.09. The molecule has 1 saturated heterocycles. The molecule has 40 heavy (non-hydrogen) atoms. The summed E-state index contributed by atoms with van der Waals surface area (Å²) in [6.45, 7) is 0.952. The van der Waals surface area contributed by atoms with Gasteiger partial charge in [0.2, 0.25) is 11.9 Å². The van der Waals surface area contributed by atoms with E-state index in [1.165, 1.54) is 12.1 Å². The molecule has 3 N–H and O–H groups in total. The van der Waals surface area contributed by atoms with Gasteiger partial charge in [0.25, 0.3) is 5.91 Å². The number of thiol groups is 1. The van der Waals surface area contributed by atoms with Crippen LogP contribution in [-0.4, -0.2) is 67.1 Å². The summed E-state index contributed by atoms with van der Waals surface area (Å²) in [5.74, 6) is -0.701. The molecule has 206 valence electrons. The molecule has 1 atom stereocenters. The largest absolute Gasteiger partial charge is 0.381 e. The lowest BCUT2D eigenvalue weighted by molar-refractivity contribution is -0.126. The number of aliphatic hydroxyl groups is 1. The minimum atomic E-state index is -1.09. The van der Waals surface area contributed by atoms with E-state index in [2.05, 4.69) is 20.1 Å². The number of aryl methyl sites for hydroxylation is 1. The van der Waals surface area contributed by atoms with Crippen molar-refractivity contribution in [3.63, 3.8) is 0 Å². The van der Waals surface area contributed by atoms with Gasteiger partial charge in [-0.1, -0.05) is 12.1 Å². The number of pyridine rings is 1. The SMILES string of the molecule is Cn1cc(C(=O)N[SH](C)c2cccc(F)c2)c2cc(-c3ccn4nc(NC(=O)C5CN(CO)C5)nc4c3)ccc21. The number of fused-ring (bicyclic) bond motifs is 2. The maximum absolute atomic E-state index is 13.7. The molecule has 4 heterocycles. The first-order valence-electron chi connectivity index (χ1n) is 12.7. The van der Waals surface area contributed by atoms with Crippen LogP contribution in [0.3, 0.4) is 0 Å². The molecule has 12 heteroatoms. The lowest BCUT2D eigenvalue weighted by Gasteiger charge is -2.36. The number of anilines is 1. The predicted octanol–water partition coefficient (Wildman–Crippen LogP) is 3.18. The van der Waals surface area contributed by atoms with Crippen molar-refractivity contribution >= 4 is 45.4 Å². The summed E-state index contributed by atoms with van der Waals surface area (Å²) in [5.41, 5.74) is 3.78. The first kappa shape index (κ1) is 26.0. The average Bonchev–Trinajstić information content (AvgIpc) is 3.47. The summed E-state index contributed by atoms with van der Waals surface area (Å²) in [7, 11) is 1.89. The fraction of sp³-hybridized carbons (Fsp3) is 0.214. The number of likely N-dealkylation sites (tertiary alicyclic amines) is 1. The highest BCUT2D eigenvalue weighted by Crippen LogP contribution is 2.32. The van der Waals surface area contributed by atoms with Crippen LogP contribution in [0.25, 0.3) is 27.7 Å². The molecule has 1 unspecified atom stereocenters. The second-order valence-electron chi connectivity index (χ2n) is 9.88. The first-order chi connectivity index (χ1) is 19.3. The topological polar surface area (TPSA) is 117 Å². The third kappa shape index (κ3) is 4.92. The van der Waals surface area contributed by atoms with Gasteiger partial charge >= 0.3 is 0 Å². The van der Waals surface area contributed by atoms with E-state index in [1.807, 2.05) is 54.3 Å². The number of aromatic nitrogens is 4. The molecule has 0 spiro atoms. The van der Waals surface area contributed by atoms with Crippen molar-refractivity contribution in [1.29, 1.82) is 0 Å². The number of nitrogens with zero attached hydrogens (tertiary/aromatic N) is 5. The molecular formula is C28H28FN7O3S. The van der Waals surface area contributed by atoms with E-state index in [1.54, 1.807) is 27.9 Å². The molecule has 1 aliphatic heterocycles. The van der Waals surface area contributed by atoms with E-state index in [0.717, 1.165) is 26.9 Å². The third-order valence-corrected chi connectivity index (χ3v) is 8.72. The fourth-order valence-corrected chi connectivity index (χ4v) is 6.07. The van der Waals surface area contributed by atoms with Gasteiger partial charge in [-0.3, -0.25) is 19.8 Å². The number of amides is 2. The highest BCUT2D eigenvalue weighted by Gasteiger charge is 2.32. The minimum Gasteiger partial charge on any atom is -0.381 e. The predicted molar refractivity (Wildman–Crippen MR) is 153 cm³/mol. The highest BCUT2D eigenvalue weighted by atomic mass is 32.2. The summed E-state index contributed by atoms with van der Waals surface area (Å²) in [4.78, 5) is 32.7. The van der Waals surface area contributed by atoms with Gasteiger partial charge in [-0.15, -0.1) is 5.10 Å². The molecule has 3 aromatic heterocycles. The van der Waals surface area contributed by atoms with Crippen molar-refractivity contribution in [2.75, 3.05) is 31.4 Å². The van der Waals surface area contributed by atoms with Crippen LogP contribution in [0.15, 0.2) is 71.9 Å². The molecule has 6 rings (SSSR count). The summed E-state index contributed by atoms with van der Waals surface area (Å²) in [5, 5.41) is 17.0. The van der Waals surface area contributed by atoms with E-state index >= 15 is 0 Å². The normalized spacial score (nSPS) is 15.2. The zero-order valence-corrected chi connectivity index (χ0v) is 22.8. The number of nitrogens with one attached hydrogen (secondary N) is 2. The van der Waals surface area contributed by atoms with Crippen LogP contribution in [0.5, 0.6) is 0 Å². The van der Waals surface area contributed by atoms with Gasteiger partial charge < -0.3 is 14.4 Å². The number of hydrogen-bond acceptors (Lipinski definition) is 6. The van der Waals surface area contributed by atoms with Gasteiger partial charge in [0.1, 0.15) is 5.82 Å². The average molecular weight is 562 g/mol. The van der Waals surface area contributed by atoms with Crippen LogP contribution in [0.4, 0.5) is 10.3 Å². The van der Waals surface area contributed by atoms with Crippen LogP contribution in [0.1, 0.15) is 10.4 Å². The van der Waals surface area contributed by atoms with Gasteiger partial charge in [-0.2, -0.15) is 16.1 Å². The smallest absolute Gasteiger partial charge is 0.262 e. The third-order valence-electron chi connectivity index (χ3n) is 7.13. The molecule has 5 aromatic rings. The van der Waals surface area contributed by atoms with Crippen molar-refractivity contribution < 1.29 is 19.1 Å². The van der Waals surface area contributed by atoms with Crippen molar-refractivity contribution in [3.8, 4) is 11.1 Å². The van der Waals surface area contributed by atoms with E-state index in [-0.39, 0.29) is 36.2 Å². The molecule has 2 amide bonds. The lowest BCUT2D eigenvalue weighted by atomic mass is 10.0. The molecule has 10 nitrogen and oxygen atoms in total. The Labute approximate surface area is 231 Å². The van der Waals surface area contributed by atoms with Crippen LogP contribution < -0.4 is 10.0 Å². The monoisotopic (exact) mass is 561 g/mol. The Morgan fingerprint density at radius 2 is 1.93 bits per heavy atom. The van der Waals surface area contributed by atoms with Crippen molar-refractivity contribution in [3.05, 3.63) is 78.4 Å². The van der Waals surface area contributed by atoms with E-state index in [9.17, 15) is 14.0 Å². The van der Waals surface area contributed by atoms with Gasteiger partial charge in [0.15, 0.2) is 5.65 Å². The number of rotatable bonds is 7. The molecule has 0 aliphatic carbocycles. The molecule has 0 saturated carbocycles.